The second-order valence-corrected chi connectivity index (χ2v) is 8.14. The number of rotatable bonds is 4. The molecule has 0 aromatic heterocycles. The van der Waals surface area contributed by atoms with E-state index in [1.807, 2.05) is 0 Å². The molecular formula is C13H16Sn. The maximum atomic E-state index is 2.44. The molecule has 0 aliphatic heterocycles. The van der Waals surface area contributed by atoms with Gasteiger partial charge in [-0.05, 0) is 0 Å². The molecule has 1 aromatic rings. The number of hydrogen-bond acceptors (Lipinski definition) is 0. The quantitative estimate of drug-likeness (QED) is 0.586. The molecule has 1 aliphatic rings. The van der Waals surface area contributed by atoms with Crippen LogP contribution in [0.15, 0.2) is 30.3 Å². The Bertz CT molecular complexity index is 328. The summed E-state index contributed by atoms with van der Waals surface area (Å²) in [6.07, 6.45) is 7.55. The molecule has 0 amide bonds. The average molecular weight is 291 g/mol. The molecule has 0 N–H and O–H groups in total. The molecule has 0 nitrogen and oxygen atoms in total. The molecule has 1 unspecified atom stereocenters. The molecule has 0 saturated heterocycles. The van der Waals surface area contributed by atoms with Gasteiger partial charge in [0.05, 0.1) is 0 Å². The van der Waals surface area contributed by atoms with Crippen molar-refractivity contribution in [2.75, 3.05) is 0 Å². The Labute approximate surface area is 96.6 Å². The molecular weight excluding hydrogens is 275 g/mol. The van der Waals surface area contributed by atoms with Gasteiger partial charge in [-0.1, -0.05) is 0 Å². The van der Waals surface area contributed by atoms with E-state index < -0.39 is 0 Å². The van der Waals surface area contributed by atoms with Crippen LogP contribution in [-0.4, -0.2) is 21.1 Å². The zero-order chi connectivity index (χ0) is 9.80. The topological polar surface area (TPSA) is 0 Å². The molecule has 0 fully saturated rings. The zero-order valence-corrected chi connectivity index (χ0v) is 11.5. The molecule has 1 aromatic carbocycles. The Morgan fingerprint density at radius 2 is 2.14 bits per heavy atom. The minimum atomic E-state index is -0.196. The monoisotopic (exact) mass is 292 g/mol. The van der Waals surface area contributed by atoms with Gasteiger partial charge in [0.2, 0.25) is 0 Å². The summed E-state index contributed by atoms with van der Waals surface area (Å²) in [6, 6.07) is 8.87. The second kappa shape index (κ2) is 5.01. The molecule has 1 heteroatoms. The van der Waals surface area contributed by atoms with Gasteiger partial charge < -0.3 is 0 Å². The summed E-state index contributed by atoms with van der Waals surface area (Å²) in [5.41, 5.74) is 3.07. The molecule has 2 radical (unpaired) electrons. The Hall–Kier alpha value is -0.241. The van der Waals surface area contributed by atoms with Crippen molar-refractivity contribution in [1.82, 2.24) is 0 Å². The van der Waals surface area contributed by atoms with E-state index in [1.165, 1.54) is 22.8 Å². The predicted molar refractivity (Wildman–Crippen MR) is 63.7 cm³/mol. The summed E-state index contributed by atoms with van der Waals surface area (Å²) < 4.78 is 2.39. The first-order valence-corrected chi connectivity index (χ1v) is 9.09. The van der Waals surface area contributed by atoms with Crippen molar-refractivity contribution < 1.29 is 0 Å². The molecule has 1 aliphatic carbocycles. The fraction of sp³-hybridized carbons (Fsp3) is 0.385. The van der Waals surface area contributed by atoms with Gasteiger partial charge in [-0.2, -0.15) is 0 Å². The average Bonchev–Trinajstić information content (AvgIpc) is 2.63. The van der Waals surface area contributed by atoms with E-state index >= 15 is 0 Å². The molecule has 72 valence electrons. The van der Waals surface area contributed by atoms with Crippen molar-refractivity contribution in [2.45, 2.75) is 28.1 Å². The van der Waals surface area contributed by atoms with Crippen LogP contribution in [0.5, 0.6) is 0 Å². The van der Waals surface area contributed by atoms with Gasteiger partial charge in [0.1, 0.15) is 0 Å². The number of hydrogen-bond donors (Lipinski definition) is 0. The SMILES string of the molecule is CCC[CH2][Sn][CH]1C=Cc2ccccc21. The zero-order valence-electron chi connectivity index (χ0n) is 8.66. The normalized spacial score (nSPS) is 18.5. The number of allylic oxidation sites excluding steroid dienone is 1. The fourth-order valence-electron chi connectivity index (χ4n) is 1.86. The number of fused-ring (bicyclic) bond motifs is 1. The Morgan fingerprint density at radius 1 is 1.29 bits per heavy atom. The summed E-state index contributed by atoms with van der Waals surface area (Å²) in [5.74, 6) is 0. The third-order valence-corrected chi connectivity index (χ3v) is 7.22. The van der Waals surface area contributed by atoms with E-state index in [4.69, 9.17) is 0 Å². The van der Waals surface area contributed by atoms with E-state index in [2.05, 4.69) is 43.3 Å². The number of unbranched alkanes of at least 4 members (excludes halogenated alkanes) is 1. The predicted octanol–water partition coefficient (Wildman–Crippen LogP) is 3.68. The van der Waals surface area contributed by atoms with Crippen molar-refractivity contribution >= 4 is 27.2 Å². The fourth-order valence-corrected chi connectivity index (χ4v) is 6.38. The van der Waals surface area contributed by atoms with Crippen LogP contribution in [0.3, 0.4) is 0 Å². The molecule has 0 spiro atoms. The van der Waals surface area contributed by atoms with Crippen molar-refractivity contribution in [1.29, 1.82) is 0 Å². The van der Waals surface area contributed by atoms with Crippen LogP contribution < -0.4 is 0 Å². The van der Waals surface area contributed by atoms with E-state index in [-0.39, 0.29) is 21.1 Å². The first-order chi connectivity index (χ1) is 6.92. The first-order valence-electron chi connectivity index (χ1n) is 5.42. The molecule has 0 bridgehead atoms. The van der Waals surface area contributed by atoms with Crippen molar-refractivity contribution in [3.8, 4) is 0 Å². The van der Waals surface area contributed by atoms with Gasteiger partial charge in [0, 0.05) is 0 Å². The summed E-state index contributed by atoms with van der Waals surface area (Å²) in [6.45, 7) is 2.29. The third-order valence-electron chi connectivity index (χ3n) is 2.69. The van der Waals surface area contributed by atoms with Gasteiger partial charge >= 0.3 is 96.8 Å². The van der Waals surface area contributed by atoms with Gasteiger partial charge in [0.25, 0.3) is 0 Å². The van der Waals surface area contributed by atoms with Crippen molar-refractivity contribution in [2.24, 2.45) is 0 Å². The molecule has 2 rings (SSSR count). The van der Waals surface area contributed by atoms with Crippen LogP contribution in [0, 0.1) is 0 Å². The van der Waals surface area contributed by atoms with Crippen molar-refractivity contribution in [3.63, 3.8) is 0 Å². The van der Waals surface area contributed by atoms with E-state index in [9.17, 15) is 0 Å². The minimum absolute atomic E-state index is 0.196. The molecule has 0 heterocycles. The van der Waals surface area contributed by atoms with E-state index in [1.54, 1.807) is 5.56 Å². The van der Waals surface area contributed by atoms with Crippen LogP contribution in [0.2, 0.25) is 4.44 Å². The van der Waals surface area contributed by atoms with E-state index in [0.717, 1.165) is 3.93 Å². The Kier molecular flexibility index (Phi) is 3.68. The van der Waals surface area contributed by atoms with Gasteiger partial charge in [0.15, 0.2) is 0 Å². The van der Waals surface area contributed by atoms with Crippen LogP contribution in [0.25, 0.3) is 6.08 Å². The summed E-state index contributed by atoms with van der Waals surface area (Å²) >= 11 is -0.196. The van der Waals surface area contributed by atoms with Crippen LogP contribution in [0.1, 0.15) is 34.8 Å². The Balaban J connectivity index is 2.00. The number of benzene rings is 1. The summed E-state index contributed by atoms with van der Waals surface area (Å²) in [4.78, 5) is 0. The molecule has 14 heavy (non-hydrogen) atoms. The van der Waals surface area contributed by atoms with Crippen LogP contribution in [0.4, 0.5) is 0 Å². The van der Waals surface area contributed by atoms with Crippen LogP contribution in [-0.2, 0) is 0 Å². The summed E-state index contributed by atoms with van der Waals surface area (Å²) in [7, 11) is 0. The van der Waals surface area contributed by atoms with Gasteiger partial charge in [-0.3, -0.25) is 0 Å². The third kappa shape index (κ3) is 2.22. The second-order valence-electron chi connectivity index (χ2n) is 3.77. The Morgan fingerprint density at radius 3 is 3.00 bits per heavy atom. The van der Waals surface area contributed by atoms with Gasteiger partial charge in [-0.15, -0.1) is 0 Å². The van der Waals surface area contributed by atoms with Gasteiger partial charge in [-0.25, -0.2) is 0 Å². The summed E-state index contributed by atoms with van der Waals surface area (Å²) in [5, 5.41) is 0. The first kappa shape index (κ1) is 10.3. The maximum absolute atomic E-state index is 2.44. The standard InChI is InChI=1S/C9H7.C4H9.Sn/c1-2-5-9-7-3-6-8(9)4-1;1-3-4-2;/h1-7H;1,3-4H2,2H3;. The van der Waals surface area contributed by atoms with E-state index in [0.29, 0.717) is 0 Å². The molecule has 0 saturated carbocycles. The molecule has 1 atom stereocenters. The van der Waals surface area contributed by atoms with Crippen LogP contribution >= 0.6 is 0 Å². The van der Waals surface area contributed by atoms with Crippen molar-refractivity contribution in [3.05, 3.63) is 41.5 Å².